The number of ketones is 1. The second kappa shape index (κ2) is 8.84. The monoisotopic (exact) mass is 422 g/mol. The molecule has 1 aromatic rings. The third-order valence-corrected chi connectivity index (χ3v) is 5.40. The van der Waals surface area contributed by atoms with Crippen molar-refractivity contribution in [2.24, 2.45) is 9.98 Å². The first-order chi connectivity index (χ1) is 14.9. The predicted octanol–water partition coefficient (Wildman–Crippen LogP) is 5.76. The molecule has 0 amide bonds. The number of carbonyl (C=O) groups is 1. The van der Waals surface area contributed by atoms with Gasteiger partial charge in [0, 0.05) is 24.6 Å². The van der Waals surface area contributed by atoms with Crippen LogP contribution in [-0.4, -0.2) is 29.9 Å². The van der Waals surface area contributed by atoms with Crippen LogP contribution in [0.5, 0.6) is 0 Å². The quantitative estimate of drug-likeness (QED) is 0.608. The Morgan fingerprint density at radius 1 is 1.19 bits per heavy atom. The first kappa shape index (κ1) is 21.0. The van der Waals surface area contributed by atoms with Crippen LogP contribution in [0, 0.1) is 0 Å². The van der Waals surface area contributed by atoms with Gasteiger partial charge in [0.1, 0.15) is 6.04 Å². The van der Waals surface area contributed by atoms with Crippen LogP contribution < -0.4 is 0 Å². The van der Waals surface area contributed by atoms with Gasteiger partial charge in [-0.25, -0.2) is 13.2 Å². The van der Waals surface area contributed by atoms with Crippen LogP contribution in [0.1, 0.15) is 30.9 Å². The number of rotatable bonds is 4. The number of hydrogen-bond donors (Lipinski definition) is 0. The average molecular weight is 422 g/mol. The second-order valence-electron chi connectivity index (χ2n) is 7.79. The van der Waals surface area contributed by atoms with Crippen LogP contribution >= 0.6 is 0 Å². The van der Waals surface area contributed by atoms with E-state index in [4.69, 9.17) is 0 Å². The molecule has 0 aromatic heterocycles. The number of aliphatic imine (C=N–C) groups is 2. The number of nitrogens with zero attached hydrogens (tertiary/aromatic N) is 2. The van der Waals surface area contributed by atoms with Gasteiger partial charge < -0.3 is 0 Å². The highest BCUT2D eigenvalue weighted by Crippen LogP contribution is 2.30. The molecular formula is C25H21F3N2O. The van der Waals surface area contributed by atoms with Gasteiger partial charge >= 0.3 is 0 Å². The number of benzene rings is 1. The number of dihydropyridines is 1. The summed E-state index contributed by atoms with van der Waals surface area (Å²) in [5, 5.41) is 0. The Morgan fingerprint density at radius 3 is 2.84 bits per heavy atom. The molecule has 2 aliphatic heterocycles. The summed E-state index contributed by atoms with van der Waals surface area (Å²) in [5.41, 5.74) is 4.48. The number of halogens is 3. The van der Waals surface area contributed by atoms with Crippen molar-refractivity contribution < 1.29 is 18.0 Å². The van der Waals surface area contributed by atoms with E-state index in [-0.39, 0.29) is 17.8 Å². The first-order valence-electron chi connectivity index (χ1n) is 10.1. The molecule has 2 unspecified atom stereocenters. The summed E-state index contributed by atoms with van der Waals surface area (Å²) in [7, 11) is 0. The Hall–Kier alpha value is -3.28. The molecule has 3 nitrogen and oxygen atoms in total. The molecule has 1 aromatic carbocycles. The van der Waals surface area contributed by atoms with E-state index in [0.717, 1.165) is 29.3 Å². The molecule has 2 atom stereocenters. The molecule has 0 radical (unpaired) electrons. The molecule has 0 bridgehead atoms. The SMILES string of the molecule is CC1=CC=NC(c2cccc(CC3N=C(C4=CC(F)=C(F)C(F)C4)C=CC3=O)c2)=CC1. The first-order valence-corrected chi connectivity index (χ1v) is 10.1. The van der Waals surface area contributed by atoms with Crippen molar-refractivity contribution >= 4 is 23.4 Å². The Bertz CT molecular complexity index is 1140. The molecule has 158 valence electrons. The maximum Gasteiger partial charge on any atom is 0.180 e. The molecule has 0 fully saturated rings. The highest BCUT2D eigenvalue weighted by molar-refractivity contribution is 6.15. The minimum absolute atomic E-state index is 0.184. The van der Waals surface area contributed by atoms with Gasteiger partial charge in [-0.05, 0) is 54.9 Å². The van der Waals surface area contributed by atoms with Crippen LogP contribution in [-0.2, 0) is 11.2 Å². The summed E-state index contributed by atoms with van der Waals surface area (Å²) in [6, 6.07) is 7.04. The Labute approximate surface area is 178 Å². The zero-order valence-corrected chi connectivity index (χ0v) is 17.0. The van der Waals surface area contributed by atoms with E-state index in [2.05, 4.69) is 16.1 Å². The van der Waals surface area contributed by atoms with Gasteiger partial charge in [-0.3, -0.25) is 14.8 Å². The third kappa shape index (κ3) is 4.74. The van der Waals surface area contributed by atoms with Crippen molar-refractivity contribution in [2.45, 2.75) is 38.4 Å². The number of hydrogen-bond acceptors (Lipinski definition) is 3. The maximum absolute atomic E-state index is 13.7. The topological polar surface area (TPSA) is 41.8 Å². The molecular weight excluding hydrogens is 401 g/mol. The van der Waals surface area contributed by atoms with Crippen molar-refractivity contribution in [1.29, 1.82) is 0 Å². The van der Waals surface area contributed by atoms with Gasteiger partial charge in [-0.15, -0.1) is 0 Å². The van der Waals surface area contributed by atoms with Crippen molar-refractivity contribution in [3.8, 4) is 0 Å². The highest BCUT2D eigenvalue weighted by atomic mass is 19.2. The van der Waals surface area contributed by atoms with E-state index < -0.39 is 23.9 Å². The molecule has 0 saturated heterocycles. The minimum Gasteiger partial charge on any atom is -0.292 e. The summed E-state index contributed by atoms with van der Waals surface area (Å²) in [5.74, 6) is -2.81. The van der Waals surface area contributed by atoms with E-state index in [1.807, 2.05) is 37.3 Å². The number of alkyl halides is 1. The molecule has 1 aliphatic carbocycles. The van der Waals surface area contributed by atoms with Crippen molar-refractivity contribution in [3.63, 3.8) is 0 Å². The van der Waals surface area contributed by atoms with Gasteiger partial charge in [0.05, 0.1) is 11.4 Å². The smallest absolute Gasteiger partial charge is 0.180 e. The fourth-order valence-electron chi connectivity index (χ4n) is 3.67. The predicted molar refractivity (Wildman–Crippen MR) is 117 cm³/mol. The fraction of sp³-hybridized carbons (Fsp3) is 0.240. The van der Waals surface area contributed by atoms with Crippen LogP contribution in [0.2, 0.25) is 0 Å². The summed E-state index contributed by atoms with van der Waals surface area (Å²) in [6.45, 7) is 2.04. The average Bonchev–Trinajstić information content (AvgIpc) is 2.98. The van der Waals surface area contributed by atoms with E-state index in [9.17, 15) is 18.0 Å². The molecule has 3 aliphatic rings. The summed E-state index contributed by atoms with van der Waals surface area (Å²) < 4.78 is 40.7. The number of allylic oxidation sites excluding steroid dienone is 8. The van der Waals surface area contributed by atoms with Gasteiger partial charge in [0.25, 0.3) is 0 Å². The third-order valence-electron chi connectivity index (χ3n) is 5.40. The summed E-state index contributed by atoms with van der Waals surface area (Å²) in [4.78, 5) is 21.3. The Kier molecular flexibility index (Phi) is 5.98. The molecule has 2 heterocycles. The highest BCUT2D eigenvalue weighted by Gasteiger charge is 2.28. The standard InChI is InChI=1S/C25H21F3N2O/c1-15-5-6-21(29-10-9-15)17-4-2-3-16(11-17)12-23-24(31)8-7-22(30-23)18-13-19(26)25(28)20(27)14-18/h2-4,6-11,13,20,23H,5,12,14H2,1H3. The fourth-order valence-corrected chi connectivity index (χ4v) is 3.67. The van der Waals surface area contributed by atoms with Gasteiger partial charge in [-0.2, -0.15) is 0 Å². The normalized spacial score (nSPS) is 23.8. The maximum atomic E-state index is 13.7. The molecule has 6 heteroatoms. The van der Waals surface area contributed by atoms with Crippen LogP contribution in [0.15, 0.2) is 87.4 Å². The molecule has 4 rings (SSSR count). The van der Waals surface area contributed by atoms with E-state index in [1.54, 1.807) is 6.21 Å². The summed E-state index contributed by atoms with van der Waals surface area (Å²) >= 11 is 0. The minimum atomic E-state index is -2.03. The van der Waals surface area contributed by atoms with Gasteiger partial charge in [0.15, 0.2) is 23.6 Å². The Morgan fingerprint density at radius 2 is 2.03 bits per heavy atom. The van der Waals surface area contributed by atoms with Crippen LogP contribution in [0.3, 0.4) is 0 Å². The van der Waals surface area contributed by atoms with Crippen LogP contribution in [0.25, 0.3) is 5.70 Å². The lowest BCUT2D eigenvalue weighted by atomic mass is 9.93. The van der Waals surface area contributed by atoms with Crippen LogP contribution in [0.4, 0.5) is 13.2 Å². The van der Waals surface area contributed by atoms with Crippen molar-refractivity contribution in [3.05, 3.63) is 88.6 Å². The zero-order chi connectivity index (χ0) is 22.0. The molecule has 0 N–H and O–H groups in total. The second-order valence-corrected chi connectivity index (χ2v) is 7.79. The molecule has 0 spiro atoms. The van der Waals surface area contributed by atoms with E-state index in [1.165, 1.54) is 17.7 Å². The van der Waals surface area contributed by atoms with Gasteiger partial charge in [0.2, 0.25) is 0 Å². The Balaban J connectivity index is 1.56. The zero-order valence-electron chi connectivity index (χ0n) is 17.0. The number of carbonyl (C=O) groups excluding carboxylic acids is 1. The lowest BCUT2D eigenvalue weighted by molar-refractivity contribution is -0.115. The molecule has 0 saturated carbocycles. The lowest BCUT2D eigenvalue weighted by Crippen LogP contribution is -2.26. The van der Waals surface area contributed by atoms with Crippen molar-refractivity contribution in [1.82, 2.24) is 0 Å². The largest absolute Gasteiger partial charge is 0.292 e. The van der Waals surface area contributed by atoms with Gasteiger partial charge in [-0.1, -0.05) is 29.8 Å². The summed E-state index contributed by atoms with van der Waals surface area (Å²) in [6.07, 6.45) is 8.38. The van der Waals surface area contributed by atoms with E-state index in [0.29, 0.717) is 12.1 Å². The van der Waals surface area contributed by atoms with Crippen molar-refractivity contribution in [2.75, 3.05) is 0 Å². The molecule has 31 heavy (non-hydrogen) atoms. The van der Waals surface area contributed by atoms with E-state index >= 15 is 0 Å². The lowest BCUT2D eigenvalue weighted by Gasteiger charge is -2.20.